The smallest absolute Gasteiger partial charge is 0.337 e. The van der Waals surface area contributed by atoms with Gasteiger partial charge in [-0.1, -0.05) is 42.0 Å². The maximum atomic E-state index is 11.1. The molecule has 3 nitrogen and oxygen atoms in total. The monoisotopic (exact) mass is 251 g/mol. The molecule has 0 amide bonds. The first kappa shape index (κ1) is 11.5. The summed E-state index contributed by atoms with van der Waals surface area (Å²) in [5, 5.41) is 9.81. The maximum absolute atomic E-state index is 11.1. The molecule has 0 saturated carbocycles. The van der Waals surface area contributed by atoms with Crippen LogP contribution in [0.1, 0.15) is 15.9 Å². The number of aromatic amines is 1. The zero-order valence-electron chi connectivity index (χ0n) is 10.5. The molecule has 0 atom stereocenters. The van der Waals surface area contributed by atoms with Gasteiger partial charge in [-0.3, -0.25) is 0 Å². The third-order valence-electron chi connectivity index (χ3n) is 3.26. The predicted molar refractivity (Wildman–Crippen MR) is 75.4 cm³/mol. The molecular formula is C16H13NO2. The van der Waals surface area contributed by atoms with Crippen LogP contribution >= 0.6 is 0 Å². The predicted octanol–water partition coefficient (Wildman–Crippen LogP) is 3.84. The minimum atomic E-state index is -0.908. The molecule has 0 bridgehead atoms. The fraction of sp³-hybridized carbons (Fsp3) is 0.0625. The molecule has 2 aromatic carbocycles. The molecule has 3 aromatic rings. The van der Waals surface area contributed by atoms with Gasteiger partial charge in [-0.2, -0.15) is 0 Å². The number of rotatable bonds is 2. The number of aromatic carboxylic acids is 1. The number of hydrogen-bond donors (Lipinski definition) is 2. The van der Waals surface area contributed by atoms with Gasteiger partial charge in [-0.05, 0) is 24.1 Å². The standard InChI is InChI=1S/C16H13NO2/c1-10-3-2-4-11(7-10)12-5-6-13-14(16(18)19)9-17-15(13)8-12/h2-9,17H,1H3,(H,18,19). The van der Waals surface area contributed by atoms with Gasteiger partial charge >= 0.3 is 5.97 Å². The second-order valence-corrected chi connectivity index (χ2v) is 4.64. The van der Waals surface area contributed by atoms with E-state index in [1.165, 1.54) is 11.8 Å². The van der Waals surface area contributed by atoms with Gasteiger partial charge in [0.1, 0.15) is 0 Å². The van der Waals surface area contributed by atoms with Crippen molar-refractivity contribution in [3.8, 4) is 11.1 Å². The fourth-order valence-corrected chi connectivity index (χ4v) is 2.31. The van der Waals surface area contributed by atoms with Crippen molar-refractivity contribution in [3.63, 3.8) is 0 Å². The summed E-state index contributed by atoms with van der Waals surface area (Å²) in [7, 11) is 0. The Morgan fingerprint density at radius 2 is 1.89 bits per heavy atom. The Morgan fingerprint density at radius 3 is 2.63 bits per heavy atom. The fourth-order valence-electron chi connectivity index (χ4n) is 2.31. The zero-order chi connectivity index (χ0) is 13.4. The molecule has 3 heteroatoms. The summed E-state index contributed by atoms with van der Waals surface area (Å²) in [6.07, 6.45) is 1.53. The molecule has 0 aliphatic rings. The van der Waals surface area contributed by atoms with E-state index in [1.807, 2.05) is 24.3 Å². The summed E-state index contributed by atoms with van der Waals surface area (Å²) < 4.78 is 0. The average molecular weight is 251 g/mol. The van der Waals surface area contributed by atoms with Crippen LogP contribution in [0.2, 0.25) is 0 Å². The van der Waals surface area contributed by atoms with E-state index in [2.05, 4.69) is 30.1 Å². The molecule has 0 aliphatic carbocycles. The van der Waals surface area contributed by atoms with Crippen molar-refractivity contribution in [2.45, 2.75) is 6.92 Å². The Morgan fingerprint density at radius 1 is 1.11 bits per heavy atom. The molecule has 2 N–H and O–H groups in total. The van der Waals surface area contributed by atoms with Crippen molar-refractivity contribution < 1.29 is 9.90 Å². The number of benzene rings is 2. The number of carbonyl (C=O) groups is 1. The summed E-state index contributed by atoms with van der Waals surface area (Å²) in [6, 6.07) is 14.0. The molecule has 3 rings (SSSR count). The van der Waals surface area contributed by atoms with Crippen molar-refractivity contribution in [1.29, 1.82) is 0 Å². The van der Waals surface area contributed by atoms with Crippen LogP contribution in [0, 0.1) is 6.92 Å². The largest absolute Gasteiger partial charge is 0.478 e. The molecule has 19 heavy (non-hydrogen) atoms. The first-order chi connectivity index (χ1) is 9.15. The van der Waals surface area contributed by atoms with Crippen LogP contribution in [0.15, 0.2) is 48.7 Å². The van der Waals surface area contributed by atoms with Gasteiger partial charge in [0.25, 0.3) is 0 Å². The SMILES string of the molecule is Cc1cccc(-c2ccc3c(C(=O)O)c[nH]c3c2)c1. The van der Waals surface area contributed by atoms with Gasteiger partial charge in [-0.25, -0.2) is 4.79 Å². The highest BCUT2D eigenvalue weighted by Crippen LogP contribution is 2.26. The van der Waals surface area contributed by atoms with Crippen molar-refractivity contribution in [3.05, 3.63) is 59.8 Å². The van der Waals surface area contributed by atoms with Gasteiger partial charge in [0.2, 0.25) is 0 Å². The molecule has 0 unspecified atom stereocenters. The van der Waals surface area contributed by atoms with Crippen LogP contribution in [0.25, 0.3) is 22.0 Å². The second-order valence-electron chi connectivity index (χ2n) is 4.64. The summed E-state index contributed by atoms with van der Waals surface area (Å²) in [6.45, 7) is 2.05. The number of hydrogen-bond acceptors (Lipinski definition) is 1. The Bertz CT molecular complexity index is 771. The van der Waals surface area contributed by atoms with Crippen molar-refractivity contribution >= 4 is 16.9 Å². The Labute approximate surface area is 110 Å². The van der Waals surface area contributed by atoms with Crippen LogP contribution in [-0.4, -0.2) is 16.1 Å². The summed E-state index contributed by atoms with van der Waals surface area (Å²) >= 11 is 0. The molecular weight excluding hydrogens is 238 g/mol. The third kappa shape index (κ3) is 1.99. The number of H-pyrrole nitrogens is 1. The molecule has 0 fully saturated rings. The van der Waals surface area contributed by atoms with E-state index in [0.29, 0.717) is 5.56 Å². The number of carboxylic acid groups (broad SMARTS) is 1. The van der Waals surface area contributed by atoms with Gasteiger partial charge in [0.05, 0.1) is 5.56 Å². The van der Waals surface area contributed by atoms with Crippen LogP contribution in [0.4, 0.5) is 0 Å². The second kappa shape index (κ2) is 4.28. The molecule has 0 saturated heterocycles. The molecule has 0 radical (unpaired) electrons. The van der Waals surface area contributed by atoms with Gasteiger partial charge in [0, 0.05) is 17.1 Å². The van der Waals surface area contributed by atoms with Crippen molar-refractivity contribution in [2.75, 3.05) is 0 Å². The molecule has 0 spiro atoms. The summed E-state index contributed by atoms with van der Waals surface area (Å²) in [4.78, 5) is 14.1. The van der Waals surface area contributed by atoms with Crippen LogP contribution in [0.5, 0.6) is 0 Å². The van der Waals surface area contributed by atoms with E-state index < -0.39 is 5.97 Å². The van der Waals surface area contributed by atoms with Crippen LogP contribution in [0.3, 0.4) is 0 Å². The normalized spacial score (nSPS) is 10.8. The number of fused-ring (bicyclic) bond motifs is 1. The lowest BCUT2D eigenvalue weighted by molar-refractivity contribution is 0.0699. The van der Waals surface area contributed by atoms with Gasteiger partial charge in [-0.15, -0.1) is 0 Å². The highest BCUT2D eigenvalue weighted by atomic mass is 16.4. The maximum Gasteiger partial charge on any atom is 0.337 e. The molecule has 1 heterocycles. The molecule has 0 aliphatic heterocycles. The molecule has 94 valence electrons. The number of nitrogens with one attached hydrogen (secondary N) is 1. The Kier molecular flexibility index (Phi) is 2.60. The first-order valence-electron chi connectivity index (χ1n) is 6.06. The summed E-state index contributed by atoms with van der Waals surface area (Å²) in [5.74, 6) is -0.908. The Hall–Kier alpha value is -2.55. The average Bonchev–Trinajstić information content (AvgIpc) is 2.81. The minimum Gasteiger partial charge on any atom is -0.478 e. The van der Waals surface area contributed by atoms with Crippen LogP contribution < -0.4 is 0 Å². The third-order valence-corrected chi connectivity index (χ3v) is 3.26. The number of aryl methyl sites for hydroxylation is 1. The van der Waals surface area contributed by atoms with Crippen molar-refractivity contribution in [1.82, 2.24) is 4.98 Å². The molecule has 1 aromatic heterocycles. The van der Waals surface area contributed by atoms with E-state index in [4.69, 9.17) is 5.11 Å². The highest BCUT2D eigenvalue weighted by Gasteiger charge is 2.10. The lowest BCUT2D eigenvalue weighted by Gasteiger charge is -2.03. The number of aromatic nitrogens is 1. The van der Waals surface area contributed by atoms with Gasteiger partial charge < -0.3 is 10.1 Å². The summed E-state index contributed by atoms with van der Waals surface area (Å²) in [5.41, 5.74) is 4.57. The zero-order valence-corrected chi connectivity index (χ0v) is 10.5. The first-order valence-corrected chi connectivity index (χ1v) is 6.06. The highest BCUT2D eigenvalue weighted by molar-refractivity contribution is 6.04. The Balaban J connectivity index is 2.15. The van der Waals surface area contributed by atoms with Gasteiger partial charge in [0.15, 0.2) is 0 Å². The van der Waals surface area contributed by atoms with E-state index in [0.717, 1.165) is 22.0 Å². The lowest BCUT2D eigenvalue weighted by atomic mass is 10.0. The lowest BCUT2D eigenvalue weighted by Crippen LogP contribution is -1.93. The quantitative estimate of drug-likeness (QED) is 0.727. The van der Waals surface area contributed by atoms with Crippen molar-refractivity contribution in [2.24, 2.45) is 0 Å². The van der Waals surface area contributed by atoms with E-state index >= 15 is 0 Å². The minimum absolute atomic E-state index is 0.311. The van der Waals surface area contributed by atoms with E-state index in [-0.39, 0.29) is 0 Å². The topological polar surface area (TPSA) is 53.1 Å². The van der Waals surface area contributed by atoms with E-state index in [1.54, 1.807) is 0 Å². The van der Waals surface area contributed by atoms with Crippen LogP contribution in [-0.2, 0) is 0 Å². The number of carboxylic acids is 1. The van der Waals surface area contributed by atoms with E-state index in [9.17, 15) is 4.79 Å².